The fourth-order valence-electron chi connectivity index (χ4n) is 2.13. The molecule has 0 unspecified atom stereocenters. The van der Waals surface area contributed by atoms with E-state index < -0.39 is 23.8 Å². The summed E-state index contributed by atoms with van der Waals surface area (Å²) in [7, 11) is 0. The van der Waals surface area contributed by atoms with Gasteiger partial charge in [0.1, 0.15) is 12.4 Å². The van der Waals surface area contributed by atoms with E-state index in [2.05, 4.69) is 5.32 Å². The predicted molar refractivity (Wildman–Crippen MR) is 76.4 cm³/mol. The van der Waals surface area contributed by atoms with Gasteiger partial charge in [-0.05, 0) is 31.5 Å². The van der Waals surface area contributed by atoms with E-state index in [9.17, 15) is 18.8 Å². The average Bonchev–Trinajstić information content (AvgIpc) is 2.84. The number of carbonyl (C=O) groups is 3. The first-order chi connectivity index (χ1) is 10.5. The zero-order chi connectivity index (χ0) is 16.1. The van der Waals surface area contributed by atoms with Crippen LogP contribution >= 0.6 is 0 Å². The van der Waals surface area contributed by atoms with Crippen LogP contribution in [0.25, 0.3) is 0 Å². The van der Waals surface area contributed by atoms with Gasteiger partial charge in [0.25, 0.3) is 5.91 Å². The molecule has 1 atom stereocenters. The van der Waals surface area contributed by atoms with Gasteiger partial charge in [-0.3, -0.25) is 14.4 Å². The molecule has 1 aromatic carbocycles. The summed E-state index contributed by atoms with van der Waals surface area (Å²) in [6, 6.07) is 5.40. The van der Waals surface area contributed by atoms with Crippen molar-refractivity contribution in [3.05, 3.63) is 30.1 Å². The Morgan fingerprint density at radius 3 is 2.86 bits per heavy atom. The Hall–Kier alpha value is -2.44. The average molecular weight is 308 g/mol. The first kappa shape index (κ1) is 15.9. The van der Waals surface area contributed by atoms with Crippen molar-refractivity contribution in [2.24, 2.45) is 0 Å². The third kappa shape index (κ3) is 4.28. The summed E-state index contributed by atoms with van der Waals surface area (Å²) in [5, 5.41) is 2.45. The molecular weight excluding hydrogens is 291 g/mol. The van der Waals surface area contributed by atoms with E-state index in [1.54, 1.807) is 0 Å². The molecule has 1 aliphatic rings. The molecule has 0 aromatic heterocycles. The first-order valence-electron chi connectivity index (χ1n) is 6.99. The Labute approximate surface area is 127 Å². The molecule has 1 heterocycles. The molecule has 0 spiro atoms. The van der Waals surface area contributed by atoms with E-state index in [1.165, 1.54) is 30.0 Å². The highest BCUT2D eigenvalue weighted by atomic mass is 19.1. The Morgan fingerprint density at radius 2 is 2.23 bits per heavy atom. The number of carbonyl (C=O) groups excluding carboxylic acids is 3. The number of hydrogen-bond donors (Lipinski definition) is 1. The molecule has 0 radical (unpaired) electrons. The van der Waals surface area contributed by atoms with E-state index in [1.807, 2.05) is 0 Å². The van der Waals surface area contributed by atoms with Crippen LogP contribution < -0.4 is 5.32 Å². The third-order valence-corrected chi connectivity index (χ3v) is 3.26. The minimum atomic E-state index is -1.03. The Kier molecular flexibility index (Phi) is 5.08. The molecule has 2 amide bonds. The van der Waals surface area contributed by atoms with Crippen molar-refractivity contribution in [3.63, 3.8) is 0 Å². The zero-order valence-corrected chi connectivity index (χ0v) is 12.2. The number of amides is 2. The van der Waals surface area contributed by atoms with Gasteiger partial charge in [0.2, 0.25) is 5.91 Å². The number of likely N-dealkylation sites (tertiary alicyclic amines) is 1. The maximum atomic E-state index is 13.0. The van der Waals surface area contributed by atoms with Gasteiger partial charge in [0.15, 0.2) is 6.10 Å². The maximum absolute atomic E-state index is 13.0. The second-order valence-corrected chi connectivity index (χ2v) is 5.05. The monoisotopic (exact) mass is 308 g/mol. The topological polar surface area (TPSA) is 75.7 Å². The highest BCUT2D eigenvalue weighted by molar-refractivity contribution is 5.95. The Bertz CT molecular complexity index is 591. The number of nitrogens with zero attached hydrogens (tertiary/aromatic N) is 1. The van der Waals surface area contributed by atoms with E-state index in [0.717, 1.165) is 12.5 Å². The van der Waals surface area contributed by atoms with Crippen molar-refractivity contribution in [3.8, 4) is 0 Å². The minimum Gasteiger partial charge on any atom is -0.451 e. The number of ether oxygens (including phenoxy) is 1. The summed E-state index contributed by atoms with van der Waals surface area (Å²) in [6.07, 6.45) is 0.124. The van der Waals surface area contributed by atoms with Crippen molar-refractivity contribution in [1.82, 2.24) is 4.90 Å². The lowest BCUT2D eigenvalue weighted by Gasteiger charge is -2.17. The van der Waals surface area contributed by atoms with Gasteiger partial charge in [-0.2, -0.15) is 0 Å². The summed E-state index contributed by atoms with van der Waals surface area (Å²) in [6.45, 7) is 1.78. The highest BCUT2D eigenvalue weighted by Gasteiger charge is 2.25. The lowest BCUT2D eigenvalue weighted by atomic mass is 10.3. The maximum Gasteiger partial charge on any atom is 0.326 e. The Morgan fingerprint density at radius 1 is 1.45 bits per heavy atom. The lowest BCUT2D eigenvalue weighted by molar-refractivity contribution is -0.155. The molecule has 1 aliphatic heterocycles. The number of anilines is 1. The molecule has 1 aromatic rings. The van der Waals surface area contributed by atoms with Crippen molar-refractivity contribution in [1.29, 1.82) is 0 Å². The largest absolute Gasteiger partial charge is 0.451 e. The fraction of sp³-hybridized carbons (Fsp3) is 0.400. The molecule has 22 heavy (non-hydrogen) atoms. The summed E-state index contributed by atoms with van der Waals surface area (Å²) >= 11 is 0. The van der Waals surface area contributed by atoms with E-state index in [0.29, 0.717) is 13.0 Å². The van der Waals surface area contributed by atoms with Crippen LogP contribution in [0.2, 0.25) is 0 Å². The van der Waals surface area contributed by atoms with Gasteiger partial charge in [0.05, 0.1) is 0 Å². The number of hydrogen-bond acceptors (Lipinski definition) is 4. The number of nitrogens with one attached hydrogen (secondary N) is 1. The third-order valence-electron chi connectivity index (χ3n) is 3.26. The standard InChI is InChI=1S/C15H17FN2O4/c1-10(15(21)17-12-5-2-4-11(16)8-12)22-14(20)9-18-7-3-6-13(18)19/h2,4-5,8,10H,3,6-7,9H2,1H3,(H,17,21)/t10-/m1/s1. The van der Waals surface area contributed by atoms with Crippen molar-refractivity contribution in [2.75, 3.05) is 18.4 Å². The zero-order valence-electron chi connectivity index (χ0n) is 12.2. The molecule has 118 valence electrons. The Balaban J connectivity index is 1.83. The smallest absolute Gasteiger partial charge is 0.326 e. The lowest BCUT2D eigenvalue weighted by Crippen LogP contribution is -2.36. The number of benzene rings is 1. The molecule has 6 nitrogen and oxygen atoms in total. The minimum absolute atomic E-state index is 0.0891. The van der Waals surface area contributed by atoms with E-state index >= 15 is 0 Å². The van der Waals surface area contributed by atoms with Crippen LogP contribution in [-0.4, -0.2) is 41.9 Å². The van der Waals surface area contributed by atoms with Crippen molar-refractivity contribution in [2.45, 2.75) is 25.9 Å². The number of rotatable bonds is 5. The van der Waals surface area contributed by atoms with Gasteiger partial charge in [-0.25, -0.2) is 4.39 Å². The number of esters is 1. The van der Waals surface area contributed by atoms with Crippen LogP contribution in [0, 0.1) is 5.82 Å². The van der Waals surface area contributed by atoms with Gasteiger partial charge < -0.3 is 15.0 Å². The second kappa shape index (κ2) is 7.02. The van der Waals surface area contributed by atoms with Crippen molar-refractivity contribution >= 4 is 23.5 Å². The second-order valence-electron chi connectivity index (χ2n) is 5.05. The van der Waals surface area contributed by atoms with E-state index in [-0.39, 0.29) is 18.1 Å². The van der Waals surface area contributed by atoms with Crippen molar-refractivity contribution < 1.29 is 23.5 Å². The van der Waals surface area contributed by atoms with Crippen LogP contribution in [0.3, 0.4) is 0 Å². The molecule has 7 heteroatoms. The molecular formula is C15H17FN2O4. The summed E-state index contributed by atoms with van der Waals surface area (Å²) < 4.78 is 18.0. The highest BCUT2D eigenvalue weighted by Crippen LogP contribution is 2.11. The molecule has 0 aliphatic carbocycles. The van der Waals surface area contributed by atoms with Crippen LogP contribution in [0.1, 0.15) is 19.8 Å². The SMILES string of the molecule is C[C@@H](OC(=O)CN1CCCC1=O)C(=O)Nc1cccc(F)c1. The molecule has 1 fully saturated rings. The summed E-state index contributed by atoms with van der Waals surface area (Å²) in [5.74, 6) is -1.77. The van der Waals surface area contributed by atoms with E-state index in [4.69, 9.17) is 4.74 Å². The molecule has 2 rings (SSSR count). The van der Waals surface area contributed by atoms with Gasteiger partial charge in [-0.15, -0.1) is 0 Å². The van der Waals surface area contributed by atoms with Gasteiger partial charge in [0, 0.05) is 18.7 Å². The summed E-state index contributed by atoms with van der Waals surface area (Å²) in [4.78, 5) is 36.4. The number of halogens is 1. The van der Waals surface area contributed by atoms with Gasteiger partial charge in [-0.1, -0.05) is 6.07 Å². The molecule has 1 N–H and O–H groups in total. The predicted octanol–water partition coefficient (Wildman–Crippen LogP) is 1.32. The normalized spacial score (nSPS) is 15.5. The first-order valence-corrected chi connectivity index (χ1v) is 6.99. The van der Waals surface area contributed by atoms with Crippen LogP contribution in [0.15, 0.2) is 24.3 Å². The van der Waals surface area contributed by atoms with Crippen LogP contribution in [0.4, 0.5) is 10.1 Å². The fourth-order valence-corrected chi connectivity index (χ4v) is 2.13. The van der Waals surface area contributed by atoms with Gasteiger partial charge >= 0.3 is 5.97 Å². The molecule has 0 saturated carbocycles. The molecule has 1 saturated heterocycles. The van der Waals surface area contributed by atoms with Crippen LogP contribution in [-0.2, 0) is 19.1 Å². The quantitative estimate of drug-likeness (QED) is 0.832. The van der Waals surface area contributed by atoms with Crippen LogP contribution in [0.5, 0.6) is 0 Å². The summed E-state index contributed by atoms with van der Waals surface area (Å²) in [5.41, 5.74) is 0.280. The molecule has 0 bridgehead atoms.